The molecule has 0 saturated carbocycles. The molecule has 0 fully saturated rings. The van der Waals surface area contributed by atoms with Gasteiger partial charge in [0.15, 0.2) is 0 Å². The third kappa shape index (κ3) is 2.50. The summed E-state index contributed by atoms with van der Waals surface area (Å²) in [5.41, 5.74) is 2.12. The minimum atomic E-state index is 0.272. The standard InChI is InChI=1S/C12H7Br3O/c13-8-5-10(12(15)11(14)6-8)7-1-3-9(16)4-2-7/h1-6,16H. The van der Waals surface area contributed by atoms with Crippen LogP contribution in [0.5, 0.6) is 5.75 Å². The lowest BCUT2D eigenvalue weighted by Gasteiger charge is -2.08. The number of benzene rings is 2. The molecule has 0 aliphatic rings. The molecule has 4 heteroatoms. The van der Waals surface area contributed by atoms with Gasteiger partial charge in [0.2, 0.25) is 0 Å². The van der Waals surface area contributed by atoms with Crippen LogP contribution in [0.3, 0.4) is 0 Å². The van der Waals surface area contributed by atoms with E-state index < -0.39 is 0 Å². The summed E-state index contributed by atoms with van der Waals surface area (Å²) in [6.07, 6.45) is 0. The van der Waals surface area contributed by atoms with Crippen LogP contribution in [0.15, 0.2) is 49.8 Å². The van der Waals surface area contributed by atoms with Crippen molar-refractivity contribution in [1.82, 2.24) is 0 Å². The van der Waals surface area contributed by atoms with Gasteiger partial charge in [0, 0.05) is 13.4 Å². The molecule has 0 bridgehead atoms. The molecule has 0 unspecified atom stereocenters. The largest absolute Gasteiger partial charge is 0.508 e. The molecule has 16 heavy (non-hydrogen) atoms. The van der Waals surface area contributed by atoms with Crippen molar-refractivity contribution >= 4 is 47.8 Å². The SMILES string of the molecule is Oc1ccc(-c2cc(Br)cc(Br)c2Br)cc1. The van der Waals surface area contributed by atoms with Gasteiger partial charge >= 0.3 is 0 Å². The highest BCUT2D eigenvalue weighted by atomic mass is 79.9. The van der Waals surface area contributed by atoms with E-state index in [-0.39, 0.29) is 5.75 Å². The first kappa shape index (κ1) is 12.1. The Morgan fingerprint density at radius 1 is 0.875 bits per heavy atom. The summed E-state index contributed by atoms with van der Waals surface area (Å²) in [5, 5.41) is 9.25. The minimum Gasteiger partial charge on any atom is -0.508 e. The molecule has 0 aliphatic heterocycles. The van der Waals surface area contributed by atoms with Crippen LogP contribution in [0.2, 0.25) is 0 Å². The molecule has 0 aliphatic carbocycles. The van der Waals surface area contributed by atoms with Gasteiger partial charge in [0.25, 0.3) is 0 Å². The smallest absolute Gasteiger partial charge is 0.115 e. The van der Waals surface area contributed by atoms with Crippen LogP contribution >= 0.6 is 47.8 Å². The number of aromatic hydroxyl groups is 1. The highest BCUT2D eigenvalue weighted by Crippen LogP contribution is 2.37. The first-order chi connectivity index (χ1) is 7.58. The molecule has 0 amide bonds. The van der Waals surface area contributed by atoms with Crippen molar-refractivity contribution in [3.63, 3.8) is 0 Å². The Labute approximate surface area is 119 Å². The summed E-state index contributed by atoms with van der Waals surface area (Å²) < 4.78 is 3.00. The van der Waals surface area contributed by atoms with E-state index in [1.54, 1.807) is 12.1 Å². The van der Waals surface area contributed by atoms with Crippen LogP contribution in [-0.2, 0) is 0 Å². The zero-order valence-corrected chi connectivity index (χ0v) is 12.8. The molecule has 2 aromatic rings. The summed E-state index contributed by atoms with van der Waals surface area (Å²) in [5.74, 6) is 0.272. The van der Waals surface area contributed by atoms with Gasteiger partial charge in [0.05, 0.1) is 0 Å². The molecule has 0 atom stereocenters. The summed E-state index contributed by atoms with van der Waals surface area (Å²) in [6, 6.07) is 11.1. The lowest BCUT2D eigenvalue weighted by Crippen LogP contribution is -1.82. The van der Waals surface area contributed by atoms with E-state index in [2.05, 4.69) is 47.8 Å². The minimum absolute atomic E-state index is 0.272. The average molecular weight is 407 g/mol. The Balaban J connectivity index is 2.59. The van der Waals surface area contributed by atoms with Crippen LogP contribution < -0.4 is 0 Å². The third-order valence-corrected chi connectivity index (χ3v) is 4.64. The Morgan fingerprint density at radius 3 is 2.12 bits per heavy atom. The second kappa shape index (κ2) is 4.90. The molecule has 0 radical (unpaired) electrons. The van der Waals surface area contributed by atoms with Crippen molar-refractivity contribution in [3.8, 4) is 16.9 Å². The lowest BCUT2D eigenvalue weighted by molar-refractivity contribution is 0.475. The van der Waals surface area contributed by atoms with Crippen LogP contribution in [0, 0.1) is 0 Å². The molecule has 1 nitrogen and oxygen atoms in total. The van der Waals surface area contributed by atoms with Gasteiger partial charge in [-0.1, -0.05) is 28.1 Å². The molecule has 0 spiro atoms. The maximum absolute atomic E-state index is 9.25. The molecular weight excluding hydrogens is 400 g/mol. The molecule has 1 N–H and O–H groups in total. The fourth-order valence-electron chi connectivity index (χ4n) is 1.41. The van der Waals surface area contributed by atoms with Crippen molar-refractivity contribution in [1.29, 1.82) is 0 Å². The van der Waals surface area contributed by atoms with Crippen molar-refractivity contribution in [2.75, 3.05) is 0 Å². The van der Waals surface area contributed by atoms with Gasteiger partial charge in [0.1, 0.15) is 5.75 Å². The fourth-order valence-corrected chi connectivity index (χ4v) is 3.09. The summed E-state index contributed by atoms with van der Waals surface area (Å²) in [4.78, 5) is 0. The molecule has 2 aromatic carbocycles. The molecule has 0 heterocycles. The number of hydrogen-bond acceptors (Lipinski definition) is 1. The number of phenols is 1. The third-order valence-electron chi connectivity index (χ3n) is 2.17. The second-order valence-corrected chi connectivity index (χ2v) is 5.86. The second-order valence-electron chi connectivity index (χ2n) is 3.30. The highest BCUT2D eigenvalue weighted by molar-refractivity contribution is 9.13. The maximum atomic E-state index is 9.25. The Morgan fingerprint density at radius 2 is 1.50 bits per heavy atom. The van der Waals surface area contributed by atoms with Gasteiger partial charge in [-0.05, 0) is 67.3 Å². The summed E-state index contributed by atoms with van der Waals surface area (Å²) in [7, 11) is 0. The van der Waals surface area contributed by atoms with E-state index in [0.29, 0.717) is 0 Å². The lowest BCUT2D eigenvalue weighted by atomic mass is 10.1. The van der Waals surface area contributed by atoms with Crippen molar-refractivity contribution in [2.24, 2.45) is 0 Å². The van der Waals surface area contributed by atoms with Crippen molar-refractivity contribution in [2.45, 2.75) is 0 Å². The normalized spacial score (nSPS) is 10.4. The van der Waals surface area contributed by atoms with E-state index in [9.17, 15) is 5.11 Å². The topological polar surface area (TPSA) is 20.2 Å². The predicted octanol–water partition coefficient (Wildman–Crippen LogP) is 5.35. The van der Waals surface area contributed by atoms with Crippen LogP contribution in [0.25, 0.3) is 11.1 Å². The van der Waals surface area contributed by atoms with E-state index >= 15 is 0 Å². The first-order valence-corrected chi connectivity index (χ1v) is 6.90. The monoisotopic (exact) mass is 404 g/mol. The number of halogens is 3. The molecule has 0 aromatic heterocycles. The van der Waals surface area contributed by atoms with E-state index in [4.69, 9.17) is 0 Å². The van der Waals surface area contributed by atoms with Gasteiger partial charge in [-0.2, -0.15) is 0 Å². The van der Waals surface area contributed by atoms with Crippen LogP contribution in [-0.4, -0.2) is 5.11 Å². The zero-order valence-electron chi connectivity index (χ0n) is 8.05. The van der Waals surface area contributed by atoms with E-state index in [1.165, 1.54) is 0 Å². The van der Waals surface area contributed by atoms with Crippen LogP contribution in [0.1, 0.15) is 0 Å². The molecule has 2 rings (SSSR count). The Kier molecular flexibility index (Phi) is 3.72. The van der Waals surface area contributed by atoms with Crippen molar-refractivity contribution < 1.29 is 5.11 Å². The van der Waals surface area contributed by atoms with E-state index in [1.807, 2.05) is 24.3 Å². The number of phenolic OH excluding ortho intramolecular Hbond substituents is 1. The Hall–Kier alpha value is -0.320. The Bertz CT molecular complexity index is 521. The average Bonchev–Trinajstić information content (AvgIpc) is 2.25. The molecule has 0 saturated heterocycles. The fraction of sp³-hybridized carbons (Fsp3) is 0. The van der Waals surface area contributed by atoms with Gasteiger partial charge < -0.3 is 5.11 Å². The maximum Gasteiger partial charge on any atom is 0.115 e. The first-order valence-electron chi connectivity index (χ1n) is 4.52. The summed E-state index contributed by atoms with van der Waals surface area (Å²) in [6.45, 7) is 0. The molecular formula is C12H7Br3O. The van der Waals surface area contributed by atoms with E-state index in [0.717, 1.165) is 24.5 Å². The highest BCUT2D eigenvalue weighted by Gasteiger charge is 2.08. The van der Waals surface area contributed by atoms with Crippen LogP contribution in [0.4, 0.5) is 0 Å². The number of hydrogen-bond donors (Lipinski definition) is 1. The molecule has 82 valence electrons. The van der Waals surface area contributed by atoms with Gasteiger partial charge in [-0.3, -0.25) is 0 Å². The zero-order chi connectivity index (χ0) is 11.7. The summed E-state index contributed by atoms with van der Waals surface area (Å²) >= 11 is 10.5. The van der Waals surface area contributed by atoms with Crippen molar-refractivity contribution in [3.05, 3.63) is 49.8 Å². The number of rotatable bonds is 1. The quantitative estimate of drug-likeness (QED) is 0.633. The predicted molar refractivity (Wildman–Crippen MR) is 76.6 cm³/mol. The van der Waals surface area contributed by atoms with Gasteiger partial charge in [-0.25, -0.2) is 0 Å². The van der Waals surface area contributed by atoms with Gasteiger partial charge in [-0.15, -0.1) is 0 Å².